The zero-order chi connectivity index (χ0) is 18.1. The van der Waals surface area contributed by atoms with Gasteiger partial charge in [0, 0.05) is 12.2 Å². The second kappa shape index (κ2) is 7.47. The zero-order valence-electron chi connectivity index (χ0n) is 16.3. The van der Waals surface area contributed by atoms with Crippen LogP contribution >= 0.6 is 0 Å². The molecule has 4 rings (SSSR count). The van der Waals surface area contributed by atoms with Crippen LogP contribution in [0.25, 0.3) is 11.5 Å². The molecular formula is C21H31N5. The van der Waals surface area contributed by atoms with Crippen LogP contribution in [0.1, 0.15) is 77.2 Å². The van der Waals surface area contributed by atoms with Crippen molar-refractivity contribution in [1.82, 2.24) is 24.6 Å². The average Bonchev–Trinajstić information content (AvgIpc) is 3.40. The first-order valence-electron chi connectivity index (χ1n) is 10.3. The fourth-order valence-corrected chi connectivity index (χ4v) is 4.49. The molecule has 1 saturated carbocycles. The molecule has 1 aliphatic carbocycles. The summed E-state index contributed by atoms with van der Waals surface area (Å²) in [5, 5.41) is 4.92. The van der Waals surface area contributed by atoms with Crippen molar-refractivity contribution in [2.75, 3.05) is 6.54 Å². The number of aromatic nitrogens is 4. The van der Waals surface area contributed by atoms with Gasteiger partial charge in [0.05, 0.1) is 12.1 Å². The number of pyridine rings is 1. The first-order valence-corrected chi connectivity index (χ1v) is 10.3. The van der Waals surface area contributed by atoms with Crippen molar-refractivity contribution in [2.45, 2.75) is 77.4 Å². The fraction of sp³-hybridized carbons (Fsp3) is 0.667. The Bertz CT molecular complexity index is 717. The maximum absolute atomic E-state index is 5.04. The van der Waals surface area contributed by atoms with E-state index in [0.29, 0.717) is 18.0 Å². The van der Waals surface area contributed by atoms with E-state index >= 15 is 0 Å². The summed E-state index contributed by atoms with van der Waals surface area (Å²) in [6, 6.07) is 7.43. The molecule has 140 valence electrons. The third kappa shape index (κ3) is 3.29. The Balaban J connectivity index is 1.72. The maximum Gasteiger partial charge on any atom is 0.200 e. The summed E-state index contributed by atoms with van der Waals surface area (Å²) in [5.74, 6) is 2.44. The van der Waals surface area contributed by atoms with Gasteiger partial charge in [0.25, 0.3) is 0 Å². The lowest BCUT2D eigenvalue weighted by Gasteiger charge is -2.31. The van der Waals surface area contributed by atoms with E-state index < -0.39 is 0 Å². The van der Waals surface area contributed by atoms with Crippen LogP contribution in [0.4, 0.5) is 0 Å². The van der Waals surface area contributed by atoms with Crippen molar-refractivity contribution in [1.29, 1.82) is 0 Å². The van der Waals surface area contributed by atoms with Gasteiger partial charge in [-0.3, -0.25) is 9.88 Å². The molecule has 0 aromatic carbocycles. The van der Waals surface area contributed by atoms with Crippen molar-refractivity contribution >= 4 is 0 Å². The van der Waals surface area contributed by atoms with Gasteiger partial charge in [0.1, 0.15) is 11.5 Å². The molecule has 0 amide bonds. The van der Waals surface area contributed by atoms with Gasteiger partial charge in [-0.1, -0.05) is 32.8 Å². The Hall–Kier alpha value is -1.75. The van der Waals surface area contributed by atoms with E-state index in [4.69, 9.17) is 10.1 Å². The third-order valence-electron chi connectivity index (χ3n) is 6.29. The molecule has 2 atom stereocenters. The highest BCUT2D eigenvalue weighted by Crippen LogP contribution is 2.39. The Morgan fingerprint density at radius 2 is 1.85 bits per heavy atom. The third-order valence-corrected chi connectivity index (χ3v) is 6.29. The molecule has 2 aromatic heterocycles. The van der Waals surface area contributed by atoms with Gasteiger partial charge in [0.15, 0.2) is 5.82 Å². The highest BCUT2D eigenvalue weighted by atomic mass is 15.4. The highest BCUT2D eigenvalue weighted by Gasteiger charge is 2.37. The van der Waals surface area contributed by atoms with Crippen LogP contribution in [-0.4, -0.2) is 37.2 Å². The van der Waals surface area contributed by atoms with E-state index in [-0.39, 0.29) is 0 Å². The van der Waals surface area contributed by atoms with Gasteiger partial charge in [-0.25, -0.2) is 9.67 Å². The van der Waals surface area contributed by atoms with Crippen LogP contribution in [0.2, 0.25) is 0 Å². The van der Waals surface area contributed by atoms with Crippen molar-refractivity contribution in [3.8, 4) is 11.5 Å². The van der Waals surface area contributed by atoms with Crippen LogP contribution < -0.4 is 0 Å². The minimum absolute atomic E-state index is 0.334. The van der Waals surface area contributed by atoms with Crippen molar-refractivity contribution in [3.63, 3.8) is 0 Å². The predicted octanol–water partition coefficient (Wildman–Crippen LogP) is 4.64. The van der Waals surface area contributed by atoms with Crippen LogP contribution in [0.5, 0.6) is 0 Å². The van der Waals surface area contributed by atoms with Crippen molar-refractivity contribution in [2.24, 2.45) is 5.92 Å². The SMILES string of the molecule is CC(C)C(C)n1nc(-c2ccccn2)nc1C1CCCN1C1CCCC1. The van der Waals surface area contributed by atoms with E-state index in [1.165, 1.54) is 45.1 Å². The fourth-order valence-electron chi connectivity index (χ4n) is 4.49. The summed E-state index contributed by atoms with van der Waals surface area (Å²) in [6.07, 6.45) is 9.73. The van der Waals surface area contributed by atoms with Gasteiger partial charge in [-0.05, 0) is 57.2 Å². The molecule has 0 bridgehead atoms. The second-order valence-corrected chi connectivity index (χ2v) is 8.27. The molecule has 1 aliphatic heterocycles. The Morgan fingerprint density at radius 3 is 2.54 bits per heavy atom. The molecule has 26 heavy (non-hydrogen) atoms. The molecule has 0 radical (unpaired) electrons. The average molecular weight is 354 g/mol. The minimum atomic E-state index is 0.334. The molecule has 1 saturated heterocycles. The first-order chi connectivity index (χ1) is 12.6. The summed E-state index contributed by atoms with van der Waals surface area (Å²) >= 11 is 0. The minimum Gasteiger partial charge on any atom is -0.290 e. The number of rotatable bonds is 5. The molecule has 5 nitrogen and oxygen atoms in total. The van der Waals surface area contributed by atoms with E-state index in [9.17, 15) is 0 Å². The predicted molar refractivity (Wildman–Crippen MR) is 104 cm³/mol. The van der Waals surface area contributed by atoms with Gasteiger partial charge >= 0.3 is 0 Å². The smallest absolute Gasteiger partial charge is 0.200 e. The summed E-state index contributed by atoms with van der Waals surface area (Å²) < 4.78 is 2.20. The Labute approximate surface area is 156 Å². The molecule has 2 aromatic rings. The van der Waals surface area contributed by atoms with E-state index in [2.05, 4.69) is 35.3 Å². The first kappa shape index (κ1) is 17.7. The molecule has 5 heteroatoms. The van der Waals surface area contributed by atoms with E-state index in [0.717, 1.165) is 23.4 Å². The van der Waals surface area contributed by atoms with Crippen molar-refractivity contribution < 1.29 is 0 Å². The number of nitrogens with zero attached hydrogens (tertiary/aromatic N) is 5. The molecule has 0 spiro atoms. The highest BCUT2D eigenvalue weighted by molar-refractivity contribution is 5.48. The second-order valence-electron chi connectivity index (χ2n) is 8.27. The number of likely N-dealkylation sites (tertiary alicyclic amines) is 1. The van der Waals surface area contributed by atoms with Gasteiger partial charge < -0.3 is 0 Å². The summed E-state index contributed by atoms with van der Waals surface area (Å²) in [6.45, 7) is 8.00. The molecule has 2 fully saturated rings. The summed E-state index contributed by atoms with van der Waals surface area (Å²) in [5.41, 5.74) is 0.869. The number of hydrogen-bond donors (Lipinski definition) is 0. The van der Waals surface area contributed by atoms with E-state index in [1.807, 2.05) is 24.4 Å². The quantitative estimate of drug-likeness (QED) is 0.786. The summed E-state index contributed by atoms with van der Waals surface area (Å²) in [4.78, 5) is 12.2. The lowest BCUT2D eigenvalue weighted by molar-refractivity contribution is 0.168. The largest absolute Gasteiger partial charge is 0.290 e. The van der Waals surface area contributed by atoms with Gasteiger partial charge in [0.2, 0.25) is 0 Å². The van der Waals surface area contributed by atoms with Crippen LogP contribution in [0.15, 0.2) is 24.4 Å². The summed E-state index contributed by atoms with van der Waals surface area (Å²) in [7, 11) is 0. The van der Waals surface area contributed by atoms with Crippen LogP contribution in [-0.2, 0) is 0 Å². The monoisotopic (exact) mass is 353 g/mol. The molecule has 0 N–H and O–H groups in total. The topological polar surface area (TPSA) is 46.8 Å². The Morgan fingerprint density at radius 1 is 1.04 bits per heavy atom. The molecule has 3 heterocycles. The lowest BCUT2D eigenvalue weighted by atomic mass is 10.1. The molecule has 2 unspecified atom stereocenters. The van der Waals surface area contributed by atoms with Crippen LogP contribution in [0.3, 0.4) is 0 Å². The van der Waals surface area contributed by atoms with Crippen molar-refractivity contribution in [3.05, 3.63) is 30.2 Å². The van der Waals surface area contributed by atoms with E-state index in [1.54, 1.807) is 0 Å². The van der Waals surface area contributed by atoms with Crippen LogP contribution in [0, 0.1) is 5.92 Å². The van der Waals surface area contributed by atoms with Gasteiger partial charge in [-0.15, -0.1) is 5.10 Å². The Kier molecular flexibility index (Phi) is 5.07. The number of hydrogen-bond acceptors (Lipinski definition) is 4. The lowest BCUT2D eigenvalue weighted by Crippen LogP contribution is -2.34. The maximum atomic E-state index is 5.04. The standard InChI is InChI=1S/C21H31N5/c1-15(2)16(3)26-21(23-20(24-26)18-11-6-7-13-22-18)19-12-8-14-25(19)17-9-4-5-10-17/h6-7,11,13,15-17,19H,4-5,8-10,12,14H2,1-3H3. The zero-order valence-corrected chi connectivity index (χ0v) is 16.3. The molecular weight excluding hydrogens is 322 g/mol. The normalized spacial score (nSPS) is 23.2. The molecule has 2 aliphatic rings. The van der Waals surface area contributed by atoms with Gasteiger partial charge in [-0.2, -0.15) is 0 Å².